The minimum atomic E-state index is -0.163. The number of hydrogen-bond acceptors (Lipinski definition) is 5. The largest absolute Gasteiger partial charge is 0.399 e. The van der Waals surface area contributed by atoms with Crippen molar-refractivity contribution in [1.82, 2.24) is 14.1 Å². The van der Waals surface area contributed by atoms with Gasteiger partial charge in [0.1, 0.15) is 0 Å². The van der Waals surface area contributed by atoms with Gasteiger partial charge >= 0.3 is 0 Å². The maximum Gasteiger partial charge on any atom is 0.273 e. The summed E-state index contributed by atoms with van der Waals surface area (Å²) >= 11 is 1.04. The predicted molar refractivity (Wildman–Crippen MR) is 81.2 cm³/mol. The van der Waals surface area contributed by atoms with Crippen LogP contribution in [0.2, 0.25) is 0 Å². The summed E-state index contributed by atoms with van der Waals surface area (Å²) in [5.41, 5.74) is 9.35. The topological polar surface area (TPSA) is 80.9 Å². The molecule has 0 radical (unpaired) electrons. The lowest BCUT2D eigenvalue weighted by Gasteiger charge is -2.26. The molecule has 1 amide bonds. The van der Waals surface area contributed by atoms with E-state index in [1.54, 1.807) is 0 Å². The Balaban J connectivity index is 0.00000147. The Morgan fingerprint density at radius 1 is 1.45 bits per heavy atom. The third kappa shape index (κ3) is 2.91. The molecule has 0 aliphatic heterocycles. The lowest BCUT2D eigenvalue weighted by atomic mass is 9.87. The first-order chi connectivity index (χ1) is 9.24. The maximum atomic E-state index is 12.0. The number of anilines is 1. The molecule has 0 spiro atoms. The molecule has 1 aliphatic carbocycles. The second-order valence-electron chi connectivity index (χ2n) is 4.67. The van der Waals surface area contributed by atoms with Gasteiger partial charge in [-0.15, -0.1) is 12.4 Å². The summed E-state index contributed by atoms with van der Waals surface area (Å²) in [6.07, 6.45) is 4.51. The fraction of sp³-hybridized carbons (Fsp3) is 0.308. The van der Waals surface area contributed by atoms with Crippen molar-refractivity contribution in [2.24, 2.45) is 0 Å². The van der Waals surface area contributed by atoms with Gasteiger partial charge in [0.15, 0.2) is 5.69 Å². The number of nitrogens with one attached hydrogen (secondary N) is 1. The molecule has 7 heteroatoms. The van der Waals surface area contributed by atoms with Crippen molar-refractivity contribution in [3.8, 4) is 0 Å². The Morgan fingerprint density at radius 2 is 2.30 bits per heavy atom. The smallest absolute Gasteiger partial charge is 0.273 e. The molecular weight excluding hydrogens is 296 g/mol. The molecular formula is C13H15ClN4OS. The van der Waals surface area contributed by atoms with E-state index in [9.17, 15) is 4.79 Å². The molecule has 1 aromatic heterocycles. The van der Waals surface area contributed by atoms with Gasteiger partial charge in [-0.3, -0.25) is 4.79 Å². The zero-order valence-electron chi connectivity index (χ0n) is 10.7. The standard InChI is InChI=1S/C13H14N4OS.ClH/c14-9-4-5-10-8(6-9)2-1-3-11(10)16-13(18)12-7-15-19-17-12;/h4-7,11H,1-3,14H2,(H,16,18);1H. The van der Waals surface area contributed by atoms with Crippen molar-refractivity contribution in [2.45, 2.75) is 25.3 Å². The first kappa shape index (κ1) is 14.7. The van der Waals surface area contributed by atoms with E-state index in [-0.39, 0.29) is 24.4 Å². The van der Waals surface area contributed by atoms with E-state index in [0.29, 0.717) is 5.69 Å². The normalized spacial score (nSPS) is 16.9. The number of nitrogen functional groups attached to an aromatic ring is 1. The molecule has 2 aromatic rings. The van der Waals surface area contributed by atoms with E-state index in [2.05, 4.69) is 14.1 Å². The summed E-state index contributed by atoms with van der Waals surface area (Å²) in [4.78, 5) is 12.0. The van der Waals surface area contributed by atoms with Crippen molar-refractivity contribution < 1.29 is 4.79 Å². The molecule has 0 saturated heterocycles. The number of rotatable bonds is 2. The summed E-state index contributed by atoms with van der Waals surface area (Å²) in [6, 6.07) is 5.93. The summed E-state index contributed by atoms with van der Waals surface area (Å²) in [6.45, 7) is 0. The molecule has 5 nitrogen and oxygen atoms in total. The fourth-order valence-electron chi connectivity index (χ4n) is 2.48. The van der Waals surface area contributed by atoms with Gasteiger partial charge in [0.25, 0.3) is 5.91 Å². The Hall–Kier alpha value is -1.66. The highest BCUT2D eigenvalue weighted by Gasteiger charge is 2.23. The molecule has 0 saturated carbocycles. The quantitative estimate of drug-likeness (QED) is 0.834. The first-order valence-electron chi connectivity index (χ1n) is 6.21. The Morgan fingerprint density at radius 3 is 3.05 bits per heavy atom. The lowest BCUT2D eigenvalue weighted by molar-refractivity contribution is 0.0928. The number of benzene rings is 1. The minimum Gasteiger partial charge on any atom is -0.399 e. The number of carbonyl (C=O) groups is 1. The molecule has 3 N–H and O–H groups in total. The van der Waals surface area contributed by atoms with Crippen LogP contribution in [0, 0.1) is 0 Å². The van der Waals surface area contributed by atoms with E-state index in [0.717, 1.165) is 42.2 Å². The van der Waals surface area contributed by atoms with E-state index < -0.39 is 0 Å². The third-order valence-corrected chi connectivity index (χ3v) is 3.86. The van der Waals surface area contributed by atoms with Gasteiger partial charge in [0, 0.05) is 5.69 Å². The highest BCUT2D eigenvalue weighted by Crippen LogP contribution is 2.31. The molecule has 0 bridgehead atoms. The third-order valence-electron chi connectivity index (χ3n) is 3.38. The van der Waals surface area contributed by atoms with Gasteiger partial charge in [-0.05, 0) is 42.5 Å². The number of aromatic nitrogens is 2. The fourth-order valence-corrected chi connectivity index (χ4v) is 2.89. The van der Waals surface area contributed by atoms with Crippen LogP contribution < -0.4 is 11.1 Å². The highest BCUT2D eigenvalue weighted by atomic mass is 35.5. The second kappa shape index (κ2) is 6.19. The first-order valence-corrected chi connectivity index (χ1v) is 6.94. The number of aryl methyl sites for hydroxylation is 1. The summed E-state index contributed by atoms with van der Waals surface area (Å²) in [5, 5.41) is 3.02. The van der Waals surface area contributed by atoms with E-state index in [1.165, 1.54) is 11.8 Å². The second-order valence-corrected chi connectivity index (χ2v) is 5.23. The molecule has 1 aliphatic rings. The maximum absolute atomic E-state index is 12.0. The molecule has 1 unspecified atom stereocenters. The van der Waals surface area contributed by atoms with Crippen LogP contribution >= 0.6 is 24.1 Å². The van der Waals surface area contributed by atoms with Gasteiger partial charge in [-0.25, -0.2) is 0 Å². The van der Waals surface area contributed by atoms with Crippen LogP contribution in [0.15, 0.2) is 24.4 Å². The molecule has 0 fully saturated rings. The van der Waals surface area contributed by atoms with Crippen LogP contribution in [0.4, 0.5) is 5.69 Å². The number of nitrogens with zero attached hydrogens (tertiary/aromatic N) is 2. The zero-order chi connectivity index (χ0) is 13.2. The molecule has 1 heterocycles. The number of fused-ring (bicyclic) bond motifs is 1. The van der Waals surface area contributed by atoms with E-state index in [4.69, 9.17) is 5.73 Å². The summed E-state index contributed by atoms with van der Waals surface area (Å²) in [7, 11) is 0. The van der Waals surface area contributed by atoms with Crippen molar-refractivity contribution >= 4 is 35.7 Å². The average molecular weight is 311 g/mol. The average Bonchev–Trinajstić information content (AvgIpc) is 2.92. The van der Waals surface area contributed by atoms with Gasteiger partial charge < -0.3 is 11.1 Å². The van der Waals surface area contributed by atoms with Crippen LogP contribution in [0.1, 0.15) is 40.5 Å². The zero-order valence-corrected chi connectivity index (χ0v) is 12.3. The molecule has 20 heavy (non-hydrogen) atoms. The molecule has 1 aromatic carbocycles. The predicted octanol–water partition coefficient (Wildman–Crippen LogP) is 2.35. The number of hydrogen-bond donors (Lipinski definition) is 2. The molecule has 1 atom stereocenters. The Bertz CT molecular complexity index is 602. The van der Waals surface area contributed by atoms with Crippen LogP contribution in [0.3, 0.4) is 0 Å². The number of amides is 1. The van der Waals surface area contributed by atoms with Crippen molar-refractivity contribution in [2.75, 3.05) is 5.73 Å². The van der Waals surface area contributed by atoms with Crippen LogP contribution in [0.5, 0.6) is 0 Å². The number of carbonyl (C=O) groups excluding carboxylic acids is 1. The van der Waals surface area contributed by atoms with Gasteiger partial charge in [-0.1, -0.05) is 6.07 Å². The number of nitrogens with two attached hydrogens (primary N) is 1. The summed E-state index contributed by atoms with van der Waals surface area (Å²) in [5.74, 6) is -0.163. The van der Waals surface area contributed by atoms with E-state index in [1.807, 2.05) is 18.2 Å². The van der Waals surface area contributed by atoms with Gasteiger partial charge in [0.05, 0.1) is 24.0 Å². The SMILES string of the molecule is Cl.Nc1ccc2c(c1)CCCC2NC(=O)c1cnsn1. The van der Waals surface area contributed by atoms with Crippen molar-refractivity contribution in [3.63, 3.8) is 0 Å². The van der Waals surface area contributed by atoms with Gasteiger partial charge in [0.2, 0.25) is 0 Å². The van der Waals surface area contributed by atoms with Gasteiger partial charge in [-0.2, -0.15) is 8.75 Å². The summed E-state index contributed by atoms with van der Waals surface area (Å²) < 4.78 is 7.80. The monoisotopic (exact) mass is 310 g/mol. The Labute approximate surface area is 127 Å². The van der Waals surface area contributed by atoms with Crippen molar-refractivity contribution in [3.05, 3.63) is 41.2 Å². The van der Waals surface area contributed by atoms with Crippen LogP contribution in [-0.4, -0.2) is 14.7 Å². The lowest BCUT2D eigenvalue weighted by Crippen LogP contribution is -2.31. The highest BCUT2D eigenvalue weighted by molar-refractivity contribution is 6.99. The van der Waals surface area contributed by atoms with E-state index >= 15 is 0 Å². The molecule has 106 valence electrons. The minimum absolute atomic E-state index is 0. The Kier molecular flexibility index (Phi) is 4.57. The van der Waals surface area contributed by atoms with Crippen molar-refractivity contribution in [1.29, 1.82) is 0 Å². The number of halogens is 1. The van der Waals surface area contributed by atoms with Crippen LogP contribution in [-0.2, 0) is 6.42 Å². The van der Waals surface area contributed by atoms with Crippen LogP contribution in [0.25, 0.3) is 0 Å². The molecule has 3 rings (SSSR count).